The van der Waals surface area contributed by atoms with Gasteiger partial charge in [-0.15, -0.1) is 0 Å². The highest BCUT2D eigenvalue weighted by Gasteiger charge is 2.28. The van der Waals surface area contributed by atoms with Crippen molar-refractivity contribution in [3.05, 3.63) is 60.0 Å². The average molecular weight is 381 g/mol. The van der Waals surface area contributed by atoms with Crippen molar-refractivity contribution in [1.82, 2.24) is 19.9 Å². The van der Waals surface area contributed by atoms with Gasteiger partial charge in [-0.1, -0.05) is 38.1 Å². The van der Waals surface area contributed by atoms with Gasteiger partial charge in [0.2, 0.25) is 0 Å². The topological polar surface area (TPSA) is 68.6 Å². The lowest BCUT2D eigenvalue weighted by atomic mass is 9.93. The van der Waals surface area contributed by atoms with E-state index in [0.29, 0.717) is 11.1 Å². The zero-order valence-corrected chi connectivity index (χ0v) is 16.7. The first-order valence-electron chi connectivity index (χ1n) is 10.00. The molecule has 0 saturated carbocycles. The molecule has 1 fully saturated rings. The first kappa shape index (κ1) is 17.8. The molecule has 5 heteroatoms. The lowest BCUT2D eigenvalue weighted by molar-refractivity contribution is 0.284. The molecule has 5 rings (SSSR count). The average Bonchev–Trinajstić information content (AvgIpc) is 3.26. The van der Waals surface area contributed by atoms with Crippen molar-refractivity contribution >= 4 is 21.9 Å². The molecule has 4 heterocycles. The molecule has 1 aliphatic rings. The minimum absolute atomic E-state index is 0.415. The number of H-pyrrole nitrogens is 1. The number of rotatable bonds is 3. The van der Waals surface area contributed by atoms with E-state index in [0.717, 1.165) is 46.2 Å². The van der Waals surface area contributed by atoms with Crippen molar-refractivity contribution in [3.63, 3.8) is 0 Å². The molecule has 0 spiro atoms. The highest BCUT2D eigenvalue weighted by Crippen LogP contribution is 2.31. The number of nitrogens with one attached hydrogen (secondary N) is 1. The quantitative estimate of drug-likeness (QED) is 0.549. The second-order valence-corrected chi connectivity index (χ2v) is 8.79. The summed E-state index contributed by atoms with van der Waals surface area (Å²) in [4.78, 5) is 14.5. The van der Waals surface area contributed by atoms with Crippen LogP contribution < -0.4 is 0 Å². The van der Waals surface area contributed by atoms with Crippen molar-refractivity contribution in [3.8, 4) is 17.2 Å². The third-order valence-electron chi connectivity index (χ3n) is 5.90. The van der Waals surface area contributed by atoms with Crippen molar-refractivity contribution in [1.29, 1.82) is 5.26 Å². The van der Waals surface area contributed by atoms with E-state index in [1.807, 2.05) is 12.3 Å². The van der Waals surface area contributed by atoms with Crippen molar-refractivity contribution in [2.75, 3.05) is 13.1 Å². The highest BCUT2D eigenvalue weighted by atomic mass is 15.1. The first-order valence-corrected chi connectivity index (χ1v) is 10.00. The van der Waals surface area contributed by atoms with Crippen LogP contribution in [-0.4, -0.2) is 32.9 Å². The van der Waals surface area contributed by atoms with E-state index in [-0.39, 0.29) is 0 Å². The van der Waals surface area contributed by atoms with Crippen LogP contribution in [0.15, 0.2) is 48.8 Å². The Balaban J connectivity index is 1.44. The molecule has 1 N–H and O–H groups in total. The molecule has 1 saturated heterocycles. The molecule has 4 aromatic rings. The van der Waals surface area contributed by atoms with Gasteiger partial charge >= 0.3 is 0 Å². The second-order valence-electron chi connectivity index (χ2n) is 8.79. The Morgan fingerprint density at radius 1 is 1.07 bits per heavy atom. The third kappa shape index (κ3) is 3.37. The zero-order chi connectivity index (χ0) is 20.0. The molecule has 0 aliphatic carbocycles. The molecule has 0 bridgehead atoms. The van der Waals surface area contributed by atoms with E-state index < -0.39 is 0 Å². The van der Waals surface area contributed by atoms with E-state index in [2.05, 4.69) is 70.1 Å². The normalized spacial score (nSPS) is 16.4. The van der Waals surface area contributed by atoms with Gasteiger partial charge in [0.1, 0.15) is 17.4 Å². The summed E-state index contributed by atoms with van der Waals surface area (Å²) in [6.45, 7) is 8.04. The molecular formula is C24H23N5. The summed E-state index contributed by atoms with van der Waals surface area (Å²) in [6, 6.07) is 14.9. The van der Waals surface area contributed by atoms with Crippen molar-refractivity contribution < 1.29 is 0 Å². The fourth-order valence-corrected chi connectivity index (χ4v) is 4.31. The van der Waals surface area contributed by atoms with Crippen LogP contribution in [0.25, 0.3) is 33.1 Å². The number of nitrogens with zero attached hydrogens (tertiary/aromatic N) is 4. The zero-order valence-electron chi connectivity index (χ0n) is 16.7. The minimum Gasteiger partial charge on any atom is -0.338 e. The molecule has 0 amide bonds. The second kappa shape index (κ2) is 6.68. The van der Waals surface area contributed by atoms with Gasteiger partial charge in [-0.25, -0.2) is 9.97 Å². The monoisotopic (exact) mass is 381 g/mol. The number of benzene rings is 1. The van der Waals surface area contributed by atoms with Crippen LogP contribution in [-0.2, 0) is 6.54 Å². The van der Waals surface area contributed by atoms with Crippen LogP contribution in [0.3, 0.4) is 0 Å². The lowest BCUT2D eigenvalue weighted by Crippen LogP contribution is -2.22. The predicted octanol–water partition coefficient (Wildman–Crippen LogP) is 4.88. The molecule has 5 nitrogen and oxygen atoms in total. The number of nitriles is 1. The maximum atomic E-state index is 9.15. The molecule has 1 aliphatic heterocycles. The Hall–Kier alpha value is -3.23. The summed E-state index contributed by atoms with van der Waals surface area (Å²) < 4.78 is 0. The van der Waals surface area contributed by atoms with Gasteiger partial charge in [0.05, 0.1) is 11.7 Å². The van der Waals surface area contributed by atoms with E-state index in [4.69, 9.17) is 5.26 Å². The maximum absolute atomic E-state index is 9.15. The van der Waals surface area contributed by atoms with Gasteiger partial charge in [-0.3, -0.25) is 4.90 Å². The molecule has 0 atom stereocenters. The van der Waals surface area contributed by atoms with Crippen molar-refractivity contribution in [2.24, 2.45) is 5.41 Å². The molecule has 3 aromatic heterocycles. The summed E-state index contributed by atoms with van der Waals surface area (Å²) in [7, 11) is 0. The van der Waals surface area contributed by atoms with Crippen LogP contribution in [0.4, 0.5) is 0 Å². The van der Waals surface area contributed by atoms with E-state index in [9.17, 15) is 0 Å². The van der Waals surface area contributed by atoms with Crippen LogP contribution in [0, 0.1) is 16.7 Å². The third-order valence-corrected chi connectivity index (χ3v) is 5.90. The SMILES string of the molecule is CC1(C)CCN(Cc2ccc(-c3cnc4[nH]c5cnc(C#N)cc5c4c3)cc2)C1. The van der Waals surface area contributed by atoms with Crippen LogP contribution in [0.1, 0.15) is 31.5 Å². The van der Waals surface area contributed by atoms with Crippen LogP contribution in [0.5, 0.6) is 0 Å². The van der Waals surface area contributed by atoms with E-state index in [1.165, 1.54) is 18.5 Å². The van der Waals surface area contributed by atoms with Gasteiger partial charge < -0.3 is 4.98 Å². The molecule has 0 radical (unpaired) electrons. The molecule has 29 heavy (non-hydrogen) atoms. The fourth-order valence-electron chi connectivity index (χ4n) is 4.31. The Morgan fingerprint density at radius 3 is 2.62 bits per heavy atom. The Kier molecular flexibility index (Phi) is 4.11. The van der Waals surface area contributed by atoms with E-state index >= 15 is 0 Å². The summed E-state index contributed by atoms with van der Waals surface area (Å²) in [5.41, 5.74) is 6.12. The Morgan fingerprint density at radius 2 is 1.90 bits per heavy atom. The predicted molar refractivity (Wildman–Crippen MR) is 115 cm³/mol. The lowest BCUT2D eigenvalue weighted by Gasteiger charge is -2.19. The molecular weight excluding hydrogens is 358 g/mol. The molecule has 144 valence electrons. The number of pyridine rings is 2. The summed E-state index contributed by atoms with van der Waals surface area (Å²) >= 11 is 0. The largest absolute Gasteiger partial charge is 0.338 e. The van der Waals surface area contributed by atoms with Crippen LogP contribution in [0.2, 0.25) is 0 Å². The van der Waals surface area contributed by atoms with Gasteiger partial charge in [0.25, 0.3) is 0 Å². The summed E-state index contributed by atoms with van der Waals surface area (Å²) in [5.74, 6) is 0. The molecule has 0 unspecified atom stereocenters. The highest BCUT2D eigenvalue weighted by molar-refractivity contribution is 6.06. The minimum atomic E-state index is 0.415. The van der Waals surface area contributed by atoms with E-state index in [1.54, 1.807) is 6.20 Å². The van der Waals surface area contributed by atoms with Crippen molar-refractivity contribution in [2.45, 2.75) is 26.8 Å². The number of fused-ring (bicyclic) bond motifs is 3. The standard InChI is InChI=1S/C24H23N5/c1-24(2)7-8-29(15-24)14-16-3-5-17(6-4-16)18-9-21-20-10-19(11-25)26-13-22(20)28-23(21)27-12-18/h3-6,9-10,12-13H,7-8,14-15H2,1-2H3,(H,27,28). The number of hydrogen-bond acceptors (Lipinski definition) is 4. The van der Waals surface area contributed by atoms with Gasteiger partial charge in [0, 0.05) is 35.6 Å². The Labute approximate surface area is 170 Å². The van der Waals surface area contributed by atoms with Gasteiger partial charge in [-0.05, 0) is 41.6 Å². The van der Waals surface area contributed by atoms with Gasteiger partial charge in [-0.2, -0.15) is 5.26 Å². The summed E-state index contributed by atoms with van der Waals surface area (Å²) in [5, 5.41) is 11.1. The van der Waals surface area contributed by atoms with Crippen LogP contribution >= 0.6 is 0 Å². The molecule has 1 aromatic carbocycles. The number of aromatic nitrogens is 3. The Bertz CT molecular complexity index is 1240. The maximum Gasteiger partial charge on any atom is 0.141 e. The number of hydrogen-bond donors (Lipinski definition) is 1. The van der Waals surface area contributed by atoms with Gasteiger partial charge in [0.15, 0.2) is 0 Å². The summed E-state index contributed by atoms with van der Waals surface area (Å²) in [6.07, 6.45) is 4.86. The number of likely N-dealkylation sites (tertiary alicyclic amines) is 1. The fraction of sp³-hybridized carbons (Fsp3) is 0.292. The smallest absolute Gasteiger partial charge is 0.141 e. The first-order chi connectivity index (χ1) is 14.0. The number of aromatic amines is 1.